The number of amides is 1. The van der Waals surface area contributed by atoms with E-state index in [0.717, 1.165) is 11.6 Å². The van der Waals surface area contributed by atoms with E-state index in [0.29, 0.717) is 12.3 Å². The Balaban J connectivity index is 2.00. The van der Waals surface area contributed by atoms with Gasteiger partial charge in [-0.3, -0.25) is 4.79 Å². The molecule has 1 aromatic carbocycles. The molecule has 0 radical (unpaired) electrons. The van der Waals surface area contributed by atoms with Crippen molar-refractivity contribution in [1.29, 1.82) is 0 Å². The number of nitrogens with zero attached hydrogens (tertiary/aromatic N) is 1. The van der Waals surface area contributed by atoms with Gasteiger partial charge in [0.05, 0.1) is 6.61 Å². The van der Waals surface area contributed by atoms with Crippen LogP contribution in [-0.4, -0.2) is 23.5 Å². The molecular weight excluding hydrogens is 299 g/mol. The summed E-state index contributed by atoms with van der Waals surface area (Å²) in [6.45, 7) is 2.06. The van der Waals surface area contributed by atoms with Gasteiger partial charge in [-0.15, -0.1) is 0 Å². The Morgan fingerprint density at radius 2 is 2.00 bits per heavy atom. The monoisotopic (exact) mass is 314 g/mol. The topological polar surface area (TPSA) is 68.3 Å². The van der Waals surface area contributed by atoms with Crippen LogP contribution in [0, 0.1) is 5.95 Å². The first-order valence-corrected chi connectivity index (χ1v) is 6.96. The van der Waals surface area contributed by atoms with Crippen LogP contribution in [0.15, 0.2) is 48.7 Å². The average molecular weight is 314 g/mol. The van der Waals surface area contributed by atoms with Crippen LogP contribution in [0.5, 0.6) is 0 Å². The lowest BCUT2D eigenvalue weighted by molar-refractivity contribution is -0.137. The molecule has 1 N–H and O–H groups in total. The Morgan fingerprint density at radius 3 is 2.65 bits per heavy atom. The molecule has 0 bridgehead atoms. The number of benzene rings is 1. The quantitative estimate of drug-likeness (QED) is 0.523. The van der Waals surface area contributed by atoms with Gasteiger partial charge in [-0.2, -0.15) is 4.39 Å². The number of carbonyl (C=O) groups is 2. The molecule has 6 heteroatoms. The predicted octanol–water partition coefficient (Wildman–Crippen LogP) is 3.05. The number of pyridine rings is 1. The van der Waals surface area contributed by atoms with Gasteiger partial charge in [-0.25, -0.2) is 9.78 Å². The predicted molar refractivity (Wildman–Crippen MR) is 84.3 cm³/mol. The highest BCUT2D eigenvalue weighted by atomic mass is 19.1. The SMILES string of the molecule is CCOC(=O)C=Cc1ccc(NC(=O)c2ccnc(F)c2)cc1. The van der Waals surface area contributed by atoms with Crippen LogP contribution in [0.2, 0.25) is 0 Å². The van der Waals surface area contributed by atoms with Crippen LogP contribution in [0.4, 0.5) is 10.1 Å². The van der Waals surface area contributed by atoms with E-state index >= 15 is 0 Å². The van der Waals surface area contributed by atoms with E-state index < -0.39 is 17.8 Å². The second kappa shape index (κ2) is 7.84. The third-order valence-electron chi connectivity index (χ3n) is 2.86. The Bertz CT molecular complexity index is 727. The van der Waals surface area contributed by atoms with Crippen molar-refractivity contribution in [2.24, 2.45) is 0 Å². The Hall–Kier alpha value is -3.02. The van der Waals surface area contributed by atoms with E-state index in [1.807, 2.05) is 0 Å². The van der Waals surface area contributed by atoms with Crippen molar-refractivity contribution in [1.82, 2.24) is 4.98 Å². The lowest BCUT2D eigenvalue weighted by Gasteiger charge is -2.05. The molecule has 0 unspecified atom stereocenters. The van der Waals surface area contributed by atoms with E-state index in [9.17, 15) is 14.0 Å². The third-order valence-corrected chi connectivity index (χ3v) is 2.86. The van der Waals surface area contributed by atoms with Gasteiger partial charge in [-0.1, -0.05) is 12.1 Å². The smallest absolute Gasteiger partial charge is 0.330 e. The molecule has 2 aromatic rings. The fourth-order valence-electron chi connectivity index (χ4n) is 1.78. The van der Waals surface area contributed by atoms with Crippen LogP contribution < -0.4 is 5.32 Å². The summed E-state index contributed by atoms with van der Waals surface area (Å²) in [5.74, 6) is -1.55. The minimum absolute atomic E-state index is 0.184. The van der Waals surface area contributed by atoms with Crippen molar-refractivity contribution in [2.45, 2.75) is 6.92 Å². The van der Waals surface area contributed by atoms with Gasteiger partial charge in [0.25, 0.3) is 5.91 Å². The molecule has 1 aromatic heterocycles. The molecule has 0 saturated heterocycles. The summed E-state index contributed by atoms with van der Waals surface area (Å²) in [6, 6.07) is 9.32. The number of aromatic nitrogens is 1. The van der Waals surface area contributed by atoms with Gasteiger partial charge < -0.3 is 10.1 Å². The number of esters is 1. The molecule has 0 aliphatic heterocycles. The first-order chi connectivity index (χ1) is 11.1. The van der Waals surface area contributed by atoms with Crippen molar-refractivity contribution in [3.63, 3.8) is 0 Å². The second-order valence-electron chi connectivity index (χ2n) is 4.53. The molecule has 1 amide bonds. The molecule has 0 aliphatic carbocycles. The Labute approximate surface area is 132 Å². The summed E-state index contributed by atoms with van der Waals surface area (Å²) in [7, 11) is 0. The fraction of sp³-hybridized carbons (Fsp3) is 0.118. The summed E-state index contributed by atoms with van der Waals surface area (Å²) >= 11 is 0. The highest BCUT2D eigenvalue weighted by molar-refractivity contribution is 6.04. The first kappa shape index (κ1) is 16.4. The largest absolute Gasteiger partial charge is 0.463 e. The first-order valence-electron chi connectivity index (χ1n) is 6.96. The van der Waals surface area contributed by atoms with Crippen LogP contribution in [-0.2, 0) is 9.53 Å². The van der Waals surface area contributed by atoms with Crippen LogP contribution in [0.25, 0.3) is 6.08 Å². The number of rotatable bonds is 5. The molecule has 0 saturated carbocycles. The number of nitrogens with one attached hydrogen (secondary N) is 1. The maximum absolute atomic E-state index is 13.0. The van der Waals surface area contributed by atoms with Gasteiger partial charge in [0.2, 0.25) is 5.95 Å². The van der Waals surface area contributed by atoms with Crippen LogP contribution in [0.1, 0.15) is 22.8 Å². The Kier molecular flexibility index (Phi) is 5.57. The number of ether oxygens (including phenoxy) is 1. The summed E-state index contributed by atoms with van der Waals surface area (Å²) in [5, 5.41) is 2.65. The van der Waals surface area contributed by atoms with E-state index in [1.165, 1.54) is 18.3 Å². The van der Waals surface area contributed by atoms with Crippen molar-refractivity contribution >= 4 is 23.6 Å². The van der Waals surface area contributed by atoms with E-state index in [2.05, 4.69) is 10.3 Å². The number of anilines is 1. The maximum atomic E-state index is 13.0. The highest BCUT2D eigenvalue weighted by Crippen LogP contribution is 2.12. The van der Waals surface area contributed by atoms with E-state index in [-0.39, 0.29) is 5.56 Å². The average Bonchev–Trinajstić information content (AvgIpc) is 2.54. The van der Waals surface area contributed by atoms with Crippen molar-refractivity contribution in [3.05, 3.63) is 65.7 Å². The van der Waals surface area contributed by atoms with E-state index in [1.54, 1.807) is 37.3 Å². The summed E-state index contributed by atoms with van der Waals surface area (Å²) in [5.41, 5.74) is 1.52. The van der Waals surface area contributed by atoms with Gasteiger partial charge in [0.15, 0.2) is 0 Å². The maximum Gasteiger partial charge on any atom is 0.330 e. The molecule has 0 aliphatic rings. The van der Waals surface area contributed by atoms with Gasteiger partial charge >= 0.3 is 5.97 Å². The van der Waals surface area contributed by atoms with Gasteiger partial charge in [-0.05, 0) is 36.8 Å². The normalized spacial score (nSPS) is 10.5. The zero-order valence-corrected chi connectivity index (χ0v) is 12.5. The lowest BCUT2D eigenvalue weighted by atomic mass is 10.2. The van der Waals surface area contributed by atoms with Gasteiger partial charge in [0.1, 0.15) is 0 Å². The molecule has 1 heterocycles. The molecule has 118 valence electrons. The number of carbonyl (C=O) groups excluding carboxylic acids is 2. The molecule has 0 atom stereocenters. The molecule has 0 fully saturated rings. The van der Waals surface area contributed by atoms with E-state index in [4.69, 9.17) is 4.74 Å². The number of hydrogen-bond donors (Lipinski definition) is 1. The molecule has 23 heavy (non-hydrogen) atoms. The minimum atomic E-state index is -0.711. The van der Waals surface area contributed by atoms with Gasteiger partial charge in [0, 0.05) is 29.6 Å². The van der Waals surface area contributed by atoms with Crippen molar-refractivity contribution in [2.75, 3.05) is 11.9 Å². The summed E-state index contributed by atoms with van der Waals surface area (Å²) < 4.78 is 17.8. The Morgan fingerprint density at radius 1 is 1.26 bits per heavy atom. The highest BCUT2D eigenvalue weighted by Gasteiger charge is 2.07. The number of halogens is 1. The molecule has 5 nitrogen and oxygen atoms in total. The van der Waals surface area contributed by atoms with Crippen LogP contribution >= 0.6 is 0 Å². The third kappa shape index (κ3) is 5.03. The zero-order chi connectivity index (χ0) is 16.7. The zero-order valence-electron chi connectivity index (χ0n) is 12.5. The fourth-order valence-corrected chi connectivity index (χ4v) is 1.78. The molecular formula is C17H15FN2O3. The molecule has 0 spiro atoms. The summed E-state index contributed by atoms with van der Waals surface area (Å²) in [4.78, 5) is 26.6. The molecule has 2 rings (SSSR count). The minimum Gasteiger partial charge on any atom is -0.463 e. The standard InChI is InChI=1S/C17H15FN2O3/c1-2-23-16(21)8-5-12-3-6-14(7-4-12)20-17(22)13-9-10-19-15(18)11-13/h3-11H,2H2,1H3,(H,20,22). The summed E-state index contributed by atoms with van der Waals surface area (Å²) in [6.07, 6.45) is 4.17. The lowest BCUT2D eigenvalue weighted by Crippen LogP contribution is -2.12. The second-order valence-corrected chi connectivity index (χ2v) is 4.53. The van der Waals surface area contributed by atoms with Crippen molar-refractivity contribution in [3.8, 4) is 0 Å². The van der Waals surface area contributed by atoms with Crippen LogP contribution in [0.3, 0.4) is 0 Å². The number of hydrogen-bond acceptors (Lipinski definition) is 4. The van der Waals surface area contributed by atoms with Crippen molar-refractivity contribution < 1.29 is 18.7 Å².